The van der Waals surface area contributed by atoms with Gasteiger partial charge in [-0.15, -0.1) is 0 Å². The molecule has 0 aliphatic carbocycles. The molecule has 0 saturated carbocycles. The molecule has 0 saturated heterocycles. The van der Waals surface area contributed by atoms with Crippen molar-refractivity contribution < 1.29 is 9.53 Å². The molecule has 1 amide bonds. The van der Waals surface area contributed by atoms with Gasteiger partial charge >= 0.3 is 0 Å². The van der Waals surface area contributed by atoms with Crippen molar-refractivity contribution in [2.24, 2.45) is 0 Å². The zero-order valence-corrected chi connectivity index (χ0v) is 15.4. The molecule has 0 radical (unpaired) electrons. The highest BCUT2D eigenvalue weighted by Gasteiger charge is 2.05. The van der Waals surface area contributed by atoms with E-state index < -0.39 is 0 Å². The van der Waals surface area contributed by atoms with Gasteiger partial charge in [-0.2, -0.15) is 4.98 Å². The van der Waals surface area contributed by atoms with Crippen LogP contribution in [0.15, 0.2) is 54.6 Å². The van der Waals surface area contributed by atoms with Crippen molar-refractivity contribution >= 4 is 34.7 Å². The number of rotatable bonds is 6. The van der Waals surface area contributed by atoms with Gasteiger partial charge in [-0.05, 0) is 43.3 Å². The highest BCUT2D eigenvalue weighted by molar-refractivity contribution is 5.88. The number of carbonyl (C=O) groups excluding carboxylic acids is 1. The molecule has 3 aromatic rings. The van der Waals surface area contributed by atoms with E-state index in [1.54, 1.807) is 7.11 Å². The Kier molecular flexibility index (Phi) is 5.51. The smallest absolute Gasteiger partial charge is 0.229 e. The van der Waals surface area contributed by atoms with Crippen molar-refractivity contribution in [3.63, 3.8) is 0 Å². The van der Waals surface area contributed by atoms with Gasteiger partial charge in [-0.25, -0.2) is 4.98 Å². The van der Waals surface area contributed by atoms with E-state index in [0.717, 1.165) is 28.5 Å². The molecule has 0 bridgehead atoms. The van der Waals surface area contributed by atoms with Crippen LogP contribution in [-0.4, -0.2) is 23.0 Å². The fourth-order valence-electron chi connectivity index (χ4n) is 2.51. The maximum atomic E-state index is 11.1. The van der Waals surface area contributed by atoms with Crippen LogP contribution in [-0.2, 0) is 4.79 Å². The maximum absolute atomic E-state index is 11.1. The molecule has 1 heterocycles. The second kappa shape index (κ2) is 8.18. The van der Waals surface area contributed by atoms with Gasteiger partial charge in [0.1, 0.15) is 11.6 Å². The normalized spacial score (nSPS) is 10.2. The summed E-state index contributed by atoms with van der Waals surface area (Å²) in [5.74, 6) is 1.81. The highest BCUT2D eigenvalue weighted by Crippen LogP contribution is 2.22. The van der Waals surface area contributed by atoms with Gasteiger partial charge in [-0.1, -0.05) is 6.07 Å². The lowest BCUT2D eigenvalue weighted by Gasteiger charge is -2.11. The summed E-state index contributed by atoms with van der Waals surface area (Å²) in [4.78, 5) is 20.0. The Morgan fingerprint density at radius 2 is 1.67 bits per heavy atom. The van der Waals surface area contributed by atoms with Gasteiger partial charge in [0.15, 0.2) is 0 Å². The fourth-order valence-corrected chi connectivity index (χ4v) is 2.51. The lowest BCUT2D eigenvalue weighted by atomic mass is 10.2. The predicted molar refractivity (Wildman–Crippen MR) is 107 cm³/mol. The van der Waals surface area contributed by atoms with Crippen LogP contribution in [0.25, 0.3) is 0 Å². The monoisotopic (exact) mass is 363 g/mol. The third-order valence-electron chi connectivity index (χ3n) is 3.66. The molecule has 2 aromatic carbocycles. The number of hydrogen-bond donors (Lipinski definition) is 3. The van der Waals surface area contributed by atoms with Gasteiger partial charge < -0.3 is 20.7 Å². The van der Waals surface area contributed by atoms with Gasteiger partial charge in [0.25, 0.3) is 0 Å². The molecule has 7 nitrogen and oxygen atoms in total. The van der Waals surface area contributed by atoms with Gasteiger partial charge in [0.2, 0.25) is 11.9 Å². The second-order valence-corrected chi connectivity index (χ2v) is 5.96. The first-order chi connectivity index (χ1) is 13.0. The van der Waals surface area contributed by atoms with E-state index in [4.69, 9.17) is 4.74 Å². The molecule has 138 valence electrons. The Balaban J connectivity index is 1.75. The number of ether oxygens (including phenoxy) is 1. The minimum Gasteiger partial charge on any atom is -0.497 e. The summed E-state index contributed by atoms with van der Waals surface area (Å²) >= 11 is 0. The third-order valence-corrected chi connectivity index (χ3v) is 3.66. The van der Waals surface area contributed by atoms with Crippen LogP contribution in [0.5, 0.6) is 5.75 Å². The van der Waals surface area contributed by atoms with Crippen LogP contribution in [0.1, 0.15) is 12.6 Å². The molecule has 0 unspecified atom stereocenters. The van der Waals surface area contributed by atoms with Crippen molar-refractivity contribution in [2.75, 3.05) is 23.1 Å². The van der Waals surface area contributed by atoms with Crippen molar-refractivity contribution in [1.29, 1.82) is 0 Å². The standard InChI is InChI=1S/C20H21N5O2/c1-13-11-19(23-16-9-7-15(8-10-16)22-14(2)26)25-20(21-13)24-17-5-4-6-18(12-17)27-3/h4-12H,1-3H3,(H,22,26)(H2,21,23,24,25). The number of nitrogens with one attached hydrogen (secondary N) is 3. The van der Waals surface area contributed by atoms with Gasteiger partial charge in [0.05, 0.1) is 7.11 Å². The van der Waals surface area contributed by atoms with Crippen molar-refractivity contribution in [1.82, 2.24) is 9.97 Å². The van der Waals surface area contributed by atoms with Crippen molar-refractivity contribution in [3.8, 4) is 5.75 Å². The first kappa shape index (κ1) is 18.2. The number of aryl methyl sites for hydroxylation is 1. The molecule has 0 atom stereocenters. The number of methoxy groups -OCH3 is 1. The first-order valence-electron chi connectivity index (χ1n) is 8.43. The molecule has 0 aliphatic heterocycles. The average Bonchev–Trinajstić information content (AvgIpc) is 2.62. The Morgan fingerprint density at radius 3 is 2.37 bits per heavy atom. The Labute approximate surface area is 157 Å². The van der Waals surface area contributed by atoms with E-state index in [-0.39, 0.29) is 5.91 Å². The average molecular weight is 363 g/mol. The molecule has 3 N–H and O–H groups in total. The van der Waals surface area contributed by atoms with Crippen LogP contribution >= 0.6 is 0 Å². The highest BCUT2D eigenvalue weighted by atomic mass is 16.5. The molecular weight excluding hydrogens is 342 g/mol. The molecule has 1 aromatic heterocycles. The minimum atomic E-state index is -0.101. The Morgan fingerprint density at radius 1 is 0.926 bits per heavy atom. The molecule has 3 rings (SSSR count). The number of hydrogen-bond acceptors (Lipinski definition) is 6. The van der Waals surface area contributed by atoms with Crippen LogP contribution in [0, 0.1) is 6.92 Å². The van der Waals surface area contributed by atoms with E-state index >= 15 is 0 Å². The van der Waals surface area contributed by atoms with Crippen LogP contribution in [0.2, 0.25) is 0 Å². The summed E-state index contributed by atoms with van der Waals surface area (Å²) in [5, 5.41) is 9.17. The summed E-state index contributed by atoms with van der Waals surface area (Å²) in [5.41, 5.74) is 3.26. The number of anilines is 5. The van der Waals surface area contributed by atoms with Crippen molar-refractivity contribution in [2.45, 2.75) is 13.8 Å². The predicted octanol–water partition coefficient (Wildman–Crippen LogP) is 4.24. The topological polar surface area (TPSA) is 88.2 Å². The lowest BCUT2D eigenvalue weighted by Crippen LogP contribution is -2.05. The van der Waals surface area contributed by atoms with Crippen LogP contribution < -0.4 is 20.7 Å². The fraction of sp³-hybridized carbons (Fsp3) is 0.150. The molecule has 0 fully saturated rings. The Bertz CT molecular complexity index is 941. The van der Waals surface area contributed by atoms with Gasteiger partial charge in [-0.3, -0.25) is 4.79 Å². The van der Waals surface area contributed by atoms with E-state index in [2.05, 4.69) is 25.9 Å². The zero-order chi connectivity index (χ0) is 19.2. The Hall–Kier alpha value is -3.61. The quantitative estimate of drug-likeness (QED) is 0.607. The van der Waals surface area contributed by atoms with Crippen LogP contribution in [0.3, 0.4) is 0 Å². The molecule has 27 heavy (non-hydrogen) atoms. The molecule has 0 aliphatic rings. The van der Waals surface area contributed by atoms with Crippen molar-refractivity contribution in [3.05, 3.63) is 60.3 Å². The number of aromatic nitrogens is 2. The molecular formula is C20H21N5O2. The summed E-state index contributed by atoms with van der Waals surface area (Å²) < 4.78 is 5.23. The summed E-state index contributed by atoms with van der Waals surface area (Å²) in [6, 6.07) is 16.8. The maximum Gasteiger partial charge on any atom is 0.229 e. The third kappa shape index (κ3) is 5.18. The second-order valence-electron chi connectivity index (χ2n) is 5.96. The van der Waals surface area contributed by atoms with E-state index in [1.165, 1.54) is 6.92 Å². The first-order valence-corrected chi connectivity index (χ1v) is 8.43. The number of benzene rings is 2. The van der Waals surface area contributed by atoms with E-state index in [9.17, 15) is 4.79 Å². The van der Waals surface area contributed by atoms with E-state index in [0.29, 0.717) is 11.8 Å². The lowest BCUT2D eigenvalue weighted by molar-refractivity contribution is -0.114. The number of nitrogens with zero attached hydrogens (tertiary/aromatic N) is 2. The largest absolute Gasteiger partial charge is 0.497 e. The van der Waals surface area contributed by atoms with E-state index in [1.807, 2.05) is 61.5 Å². The zero-order valence-electron chi connectivity index (χ0n) is 15.4. The minimum absolute atomic E-state index is 0.101. The summed E-state index contributed by atoms with van der Waals surface area (Å²) in [6.07, 6.45) is 0. The van der Waals surface area contributed by atoms with Crippen LogP contribution in [0.4, 0.5) is 28.8 Å². The molecule has 0 spiro atoms. The molecule has 7 heteroatoms. The summed E-state index contributed by atoms with van der Waals surface area (Å²) in [6.45, 7) is 3.39. The SMILES string of the molecule is COc1cccc(Nc2nc(C)cc(Nc3ccc(NC(C)=O)cc3)n2)c1. The number of amides is 1. The number of carbonyl (C=O) groups is 1. The summed E-state index contributed by atoms with van der Waals surface area (Å²) in [7, 11) is 1.63. The van der Waals surface area contributed by atoms with Gasteiger partial charge in [0, 0.05) is 41.8 Å².